The van der Waals surface area contributed by atoms with Crippen molar-refractivity contribution in [1.29, 1.82) is 0 Å². The zero-order valence-electron chi connectivity index (χ0n) is 26.9. The van der Waals surface area contributed by atoms with Crippen molar-refractivity contribution >= 4 is 40.2 Å². The molecule has 4 aliphatic rings. The average molecular weight is 642 g/mol. The molecule has 2 unspecified atom stereocenters. The fourth-order valence-electron chi connectivity index (χ4n) is 7.53. The van der Waals surface area contributed by atoms with Crippen LogP contribution < -0.4 is 23.8 Å². The van der Waals surface area contributed by atoms with E-state index in [0.717, 1.165) is 34.8 Å². The van der Waals surface area contributed by atoms with Crippen molar-refractivity contribution < 1.29 is 18.9 Å². The summed E-state index contributed by atoms with van der Waals surface area (Å²) < 4.78 is 24.6. The molecule has 9 rings (SSSR count). The second-order valence-electron chi connectivity index (χ2n) is 13.1. The van der Waals surface area contributed by atoms with Gasteiger partial charge in [0.2, 0.25) is 5.72 Å². The van der Waals surface area contributed by atoms with Crippen LogP contribution in [-0.4, -0.2) is 32.1 Å². The lowest BCUT2D eigenvalue weighted by Crippen LogP contribution is -2.58. The molecular weight excluding hydrogens is 606 g/mol. The Balaban J connectivity index is 0.000000138. The molecule has 4 heterocycles. The van der Waals surface area contributed by atoms with Crippen LogP contribution in [-0.2, 0) is 11.8 Å². The van der Waals surface area contributed by atoms with Crippen LogP contribution in [0.3, 0.4) is 0 Å². The number of anilines is 1. The Labute approximate surface area is 280 Å². The van der Waals surface area contributed by atoms with E-state index in [0.29, 0.717) is 17.4 Å². The molecule has 236 valence electrons. The van der Waals surface area contributed by atoms with Crippen LogP contribution in [0.25, 0.3) is 22.9 Å². The maximum Gasteiger partial charge on any atom is 0.212 e. The smallest absolute Gasteiger partial charge is 0.212 e. The zero-order valence-corrected chi connectivity index (χ0v) is 27.7. The lowest BCUT2D eigenvalue weighted by atomic mass is 9.76. The van der Waals surface area contributed by atoms with Crippen LogP contribution in [0, 0.1) is 0 Å². The summed E-state index contributed by atoms with van der Waals surface area (Å²) >= 11 is 6.19. The van der Waals surface area contributed by atoms with Crippen molar-refractivity contribution in [2.75, 3.05) is 25.7 Å². The maximum atomic E-state index is 6.62. The van der Waals surface area contributed by atoms with Gasteiger partial charge in [-0.1, -0.05) is 84.4 Å². The van der Waals surface area contributed by atoms with E-state index >= 15 is 0 Å². The molecule has 4 aliphatic heterocycles. The fourth-order valence-corrected chi connectivity index (χ4v) is 7.75. The van der Waals surface area contributed by atoms with Gasteiger partial charge >= 0.3 is 0 Å². The van der Waals surface area contributed by atoms with E-state index in [4.69, 9.17) is 30.5 Å². The summed E-state index contributed by atoms with van der Waals surface area (Å²) in [5.41, 5.74) is 4.51. The fraction of sp³-hybridized carbons (Fsp3) is 0.220. The number of methoxy groups -OCH3 is 1. The Kier molecular flexibility index (Phi) is 6.82. The van der Waals surface area contributed by atoms with Gasteiger partial charge in [0.25, 0.3) is 0 Å². The number of ether oxygens (including phenoxy) is 4. The number of hydrogen-bond donors (Lipinski definition) is 0. The first-order chi connectivity index (χ1) is 22.7. The molecule has 0 fully saturated rings. The summed E-state index contributed by atoms with van der Waals surface area (Å²) in [5, 5.41) is 3.13. The number of para-hydroxylation sites is 2. The Hall–Kier alpha value is -4.87. The first-order valence-electron chi connectivity index (χ1n) is 15.9. The van der Waals surface area contributed by atoms with Crippen molar-refractivity contribution in [3.05, 3.63) is 136 Å². The van der Waals surface area contributed by atoms with Crippen molar-refractivity contribution in [2.45, 2.75) is 37.0 Å². The average Bonchev–Trinajstić information content (AvgIpc) is 3.26. The summed E-state index contributed by atoms with van der Waals surface area (Å²) in [7, 11) is 3.71. The number of halogens is 1. The SMILES string of the molecule is C1=CC2(COc3ccc4ccccc4c3C2)Oc2ccccc21.COc1cc(Cl)cc2c1OC1(C=C2)N(C)c2ccccc2C1(C)C. The Bertz CT molecular complexity index is 2100. The van der Waals surface area contributed by atoms with Crippen LogP contribution >= 0.6 is 11.6 Å². The monoisotopic (exact) mass is 641 g/mol. The normalized spacial score (nSPS) is 22.2. The van der Waals surface area contributed by atoms with Gasteiger partial charge in [-0.15, -0.1) is 0 Å². The molecule has 0 saturated heterocycles. The van der Waals surface area contributed by atoms with Crippen LogP contribution in [0.2, 0.25) is 5.02 Å². The zero-order chi connectivity index (χ0) is 32.4. The standard InChI is InChI=1S/C21H16O2.C20H20ClNO2/c1-3-7-17-15(5-1)9-10-20-18(17)13-21(14-22-20)12-11-16-6-2-4-8-19(16)23-21;1-19(2)15-7-5-6-8-16(15)22(3)20(19)10-9-13-11-14(21)12-17(23-4)18(13)24-20/h1-12H,13-14H2;5-12H,1-4H3. The molecule has 0 aliphatic carbocycles. The highest BCUT2D eigenvalue weighted by atomic mass is 35.5. The number of hydrogen-bond acceptors (Lipinski definition) is 5. The number of nitrogens with zero attached hydrogens (tertiary/aromatic N) is 1. The molecule has 0 N–H and O–H groups in total. The van der Waals surface area contributed by atoms with Crippen molar-refractivity contribution in [2.24, 2.45) is 0 Å². The first-order valence-corrected chi connectivity index (χ1v) is 16.3. The van der Waals surface area contributed by atoms with E-state index in [1.807, 2.05) is 24.3 Å². The molecule has 5 nitrogen and oxygen atoms in total. The molecule has 2 atom stereocenters. The Morgan fingerprint density at radius 1 is 0.787 bits per heavy atom. The van der Waals surface area contributed by atoms with Gasteiger partial charge in [-0.05, 0) is 72.7 Å². The third-order valence-corrected chi connectivity index (χ3v) is 10.3. The number of fused-ring (bicyclic) bond motifs is 6. The van der Waals surface area contributed by atoms with Crippen LogP contribution in [0.15, 0.2) is 109 Å². The van der Waals surface area contributed by atoms with Crippen LogP contribution in [0.1, 0.15) is 36.1 Å². The van der Waals surface area contributed by atoms with E-state index < -0.39 is 11.3 Å². The molecule has 5 aromatic carbocycles. The van der Waals surface area contributed by atoms with Gasteiger partial charge in [-0.25, -0.2) is 0 Å². The molecule has 0 amide bonds. The van der Waals surface area contributed by atoms with E-state index in [1.165, 1.54) is 27.6 Å². The highest BCUT2D eigenvalue weighted by molar-refractivity contribution is 6.31. The molecule has 0 saturated carbocycles. The van der Waals surface area contributed by atoms with Crippen molar-refractivity contribution in [3.63, 3.8) is 0 Å². The molecule has 0 aromatic heterocycles. The van der Waals surface area contributed by atoms with Gasteiger partial charge in [0, 0.05) is 46.9 Å². The highest BCUT2D eigenvalue weighted by Crippen LogP contribution is 2.55. The van der Waals surface area contributed by atoms with Gasteiger partial charge in [-0.3, -0.25) is 0 Å². The third kappa shape index (κ3) is 4.59. The number of likely N-dealkylation sites (N-methyl/N-ethyl adjacent to an activating group) is 1. The summed E-state index contributed by atoms with van der Waals surface area (Å²) in [6, 6.07) is 32.9. The van der Waals surface area contributed by atoms with Crippen molar-refractivity contribution in [1.82, 2.24) is 0 Å². The van der Waals surface area contributed by atoms with Gasteiger partial charge in [0.1, 0.15) is 18.1 Å². The Morgan fingerprint density at radius 2 is 1.55 bits per heavy atom. The second-order valence-corrected chi connectivity index (χ2v) is 13.6. The van der Waals surface area contributed by atoms with Gasteiger partial charge < -0.3 is 23.8 Å². The third-order valence-electron chi connectivity index (χ3n) is 10.1. The molecule has 2 spiro atoms. The molecule has 0 bridgehead atoms. The molecule has 0 radical (unpaired) electrons. The summed E-state index contributed by atoms with van der Waals surface area (Å²) in [4.78, 5) is 2.20. The van der Waals surface area contributed by atoms with E-state index in [1.54, 1.807) is 13.2 Å². The lowest BCUT2D eigenvalue weighted by Gasteiger charge is -2.46. The van der Waals surface area contributed by atoms with Crippen LogP contribution in [0.5, 0.6) is 23.0 Å². The minimum atomic E-state index is -0.606. The first kappa shape index (κ1) is 29.5. The van der Waals surface area contributed by atoms with E-state index in [9.17, 15) is 0 Å². The van der Waals surface area contributed by atoms with Crippen LogP contribution in [0.4, 0.5) is 5.69 Å². The minimum Gasteiger partial charge on any atom is -0.493 e. The summed E-state index contributed by atoms with van der Waals surface area (Å²) in [6.45, 7) is 4.98. The molecule has 5 aromatic rings. The van der Waals surface area contributed by atoms with E-state index in [-0.39, 0.29) is 5.41 Å². The second kappa shape index (κ2) is 10.9. The molecule has 47 heavy (non-hydrogen) atoms. The minimum absolute atomic E-state index is 0.225. The Morgan fingerprint density at radius 3 is 2.40 bits per heavy atom. The van der Waals surface area contributed by atoms with Gasteiger partial charge in [0.15, 0.2) is 17.1 Å². The topological polar surface area (TPSA) is 40.2 Å². The quantitative estimate of drug-likeness (QED) is 0.182. The lowest BCUT2D eigenvalue weighted by molar-refractivity contribution is 0.0459. The predicted molar refractivity (Wildman–Crippen MR) is 190 cm³/mol. The molecular formula is C41H36ClNO4. The van der Waals surface area contributed by atoms with Gasteiger partial charge in [-0.2, -0.15) is 0 Å². The maximum absolute atomic E-state index is 6.62. The largest absolute Gasteiger partial charge is 0.493 e. The number of benzene rings is 5. The summed E-state index contributed by atoms with van der Waals surface area (Å²) in [5.74, 6) is 3.30. The predicted octanol–water partition coefficient (Wildman–Crippen LogP) is 9.50. The number of rotatable bonds is 1. The highest BCUT2D eigenvalue weighted by Gasteiger charge is 2.57. The van der Waals surface area contributed by atoms with Crippen molar-refractivity contribution in [3.8, 4) is 23.0 Å². The summed E-state index contributed by atoms with van der Waals surface area (Å²) in [6.07, 6.45) is 9.34. The van der Waals surface area contributed by atoms with E-state index in [2.05, 4.69) is 117 Å². The molecule has 6 heteroatoms. The van der Waals surface area contributed by atoms with Gasteiger partial charge in [0.05, 0.1) is 12.5 Å².